The average Bonchev–Trinajstić information content (AvgIpc) is 2.70. The molecule has 2 N–H and O–H groups in total. The first-order chi connectivity index (χ1) is 13.7. The number of benzene rings is 2. The van der Waals surface area contributed by atoms with Crippen LogP contribution in [0, 0.1) is 5.82 Å². The van der Waals surface area contributed by atoms with Gasteiger partial charge in [0.2, 0.25) is 0 Å². The molecule has 0 aliphatic heterocycles. The summed E-state index contributed by atoms with van der Waals surface area (Å²) in [6, 6.07) is 15.9. The number of halogens is 2. The Morgan fingerprint density at radius 2 is 1.82 bits per heavy atom. The summed E-state index contributed by atoms with van der Waals surface area (Å²) in [7, 11) is 0. The summed E-state index contributed by atoms with van der Waals surface area (Å²) in [6.07, 6.45) is 1.79. The number of aromatic nitrogens is 1. The van der Waals surface area contributed by atoms with Crippen molar-refractivity contribution in [2.24, 2.45) is 0 Å². The predicted octanol–water partition coefficient (Wildman–Crippen LogP) is 4.12. The van der Waals surface area contributed by atoms with Crippen molar-refractivity contribution in [3.8, 4) is 11.5 Å². The highest BCUT2D eigenvalue weighted by Gasteiger charge is 2.14. The van der Waals surface area contributed by atoms with Crippen LogP contribution in [0.2, 0.25) is 5.02 Å². The van der Waals surface area contributed by atoms with E-state index in [-0.39, 0.29) is 12.4 Å². The summed E-state index contributed by atoms with van der Waals surface area (Å²) < 4.78 is 24.7. The first kappa shape index (κ1) is 20.1. The Hall–Kier alpha value is -2.63. The van der Waals surface area contributed by atoms with Gasteiger partial charge in [-0.2, -0.15) is 0 Å². The van der Waals surface area contributed by atoms with E-state index in [1.54, 1.807) is 18.3 Å². The maximum absolute atomic E-state index is 13.0. The second-order valence-electron chi connectivity index (χ2n) is 6.27. The second-order valence-corrected chi connectivity index (χ2v) is 6.68. The van der Waals surface area contributed by atoms with Crippen LogP contribution in [0.4, 0.5) is 4.39 Å². The summed E-state index contributed by atoms with van der Waals surface area (Å²) in [5.41, 5.74) is 2.92. The lowest BCUT2D eigenvalue weighted by molar-refractivity contribution is -0.686. The zero-order chi connectivity index (χ0) is 19.8. The smallest absolute Gasteiger partial charge is 0.180 e. The van der Waals surface area contributed by atoms with Crippen LogP contribution in [-0.2, 0) is 19.7 Å². The van der Waals surface area contributed by atoms with Crippen LogP contribution >= 0.6 is 11.6 Å². The zero-order valence-electron chi connectivity index (χ0n) is 15.7. The molecule has 28 heavy (non-hydrogen) atoms. The molecular formula is C22H23ClFN2O2+. The van der Waals surface area contributed by atoms with Gasteiger partial charge < -0.3 is 14.8 Å². The third-order valence-corrected chi connectivity index (χ3v) is 4.41. The van der Waals surface area contributed by atoms with Gasteiger partial charge in [0.1, 0.15) is 25.5 Å². The van der Waals surface area contributed by atoms with Crippen molar-refractivity contribution < 1.29 is 19.2 Å². The van der Waals surface area contributed by atoms with Gasteiger partial charge in [-0.05, 0) is 48.9 Å². The maximum atomic E-state index is 13.0. The summed E-state index contributed by atoms with van der Waals surface area (Å²) in [4.78, 5) is 4.32. The second kappa shape index (κ2) is 10.1. The highest BCUT2D eigenvalue weighted by Crippen LogP contribution is 2.37. The Bertz CT molecular complexity index is 889. The average molecular weight is 402 g/mol. The summed E-state index contributed by atoms with van der Waals surface area (Å²) in [5, 5.41) is 2.65. The summed E-state index contributed by atoms with van der Waals surface area (Å²) >= 11 is 6.47. The van der Waals surface area contributed by atoms with Crippen molar-refractivity contribution >= 4 is 11.6 Å². The molecule has 0 aliphatic carbocycles. The first-order valence-corrected chi connectivity index (χ1v) is 9.57. The number of hydrogen-bond acceptors (Lipinski definition) is 3. The number of quaternary nitrogens is 1. The van der Waals surface area contributed by atoms with E-state index in [2.05, 4.69) is 10.3 Å². The fourth-order valence-electron chi connectivity index (χ4n) is 2.78. The predicted molar refractivity (Wildman–Crippen MR) is 107 cm³/mol. The van der Waals surface area contributed by atoms with Gasteiger partial charge in [0, 0.05) is 11.8 Å². The molecule has 0 saturated heterocycles. The van der Waals surface area contributed by atoms with E-state index in [9.17, 15) is 4.39 Å². The molecule has 2 aromatic carbocycles. The minimum Gasteiger partial charge on any atom is -0.490 e. The van der Waals surface area contributed by atoms with Gasteiger partial charge in [-0.3, -0.25) is 4.98 Å². The molecule has 4 nitrogen and oxygen atoms in total. The summed E-state index contributed by atoms with van der Waals surface area (Å²) in [5.74, 6) is 0.836. The first-order valence-electron chi connectivity index (χ1n) is 9.19. The van der Waals surface area contributed by atoms with Crippen LogP contribution in [0.15, 0.2) is 60.8 Å². The highest BCUT2D eigenvalue weighted by atomic mass is 35.5. The Morgan fingerprint density at radius 1 is 1.00 bits per heavy atom. The topological polar surface area (TPSA) is 48.0 Å². The van der Waals surface area contributed by atoms with E-state index in [1.165, 1.54) is 12.1 Å². The van der Waals surface area contributed by atoms with Crippen LogP contribution in [0.1, 0.15) is 23.7 Å². The molecule has 0 bridgehead atoms. The molecule has 0 saturated carbocycles. The Labute approximate surface area is 169 Å². The maximum Gasteiger partial charge on any atom is 0.180 e. The Morgan fingerprint density at radius 3 is 2.54 bits per heavy atom. The fourth-order valence-corrected chi connectivity index (χ4v) is 3.07. The number of nitrogens with two attached hydrogens (primary N) is 1. The fraction of sp³-hybridized carbons (Fsp3) is 0.227. The van der Waals surface area contributed by atoms with Crippen molar-refractivity contribution in [2.75, 3.05) is 6.61 Å². The zero-order valence-corrected chi connectivity index (χ0v) is 16.5. The minimum absolute atomic E-state index is 0.275. The van der Waals surface area contributed by atoms with E-state index >= 15 is 0 Å². The number of rotatable bonds is 9. The molecule has 0 fully saturated rings. The normalized spacial score (nSPS) is 10.7. The largest absolute Gasteiger partial charge is 0.490 e. The van der Waals surface area contributed by atoms with Crippen molar-refractivity contribution in [3.05, 3.63) is 88.5 Å². The van der Waals surface area contributed by atoms with Gasteiger partial charge in [0.25, 0.3) is 0 Å². The number of pyridine rings is 1. The van der Waals surface area contributed by atoms with E-state index in [0.717, 1.165) is 29.9 Å². The van der Waals surface area contributed by atoms with Crippen LogP contribution in [-0.4, -0.2) is 11.6 Å². The Balaban J connectivity index is 1.67. The van der Waals surface area contributed by atoms with Crippen LogP contribution in [0.3, 0.4) is 0 Å². The van der Waals surface area contributed by atoms with Crippen molar-refractivity contribution in [1.82, 2.24) is 4.98 Å². The molecule has 1 heterocycles. The van der Waals surface area contributed by atoms with Gasteiger partial charge in [-0.15, -0.1) is 0 Å². The van der Waals surface area contributed by atoms with E-state index in [1.807, 2.05) is 37.3 Å². The van der Waals surface area contributed by atoms with E-state index in [4.69, 9.17) is 21.1 Å². The molecular weight excluding hydrogens is 379 g/mol. The van der Waals surface area contributed by atoms with Crippen molar-refractivity contribution in [3.63, 3.8) is 0 Å². The monoisotopic (exact) mass is 401 g/mol. The van der Waals surface area contributed by atoms with Gasteiger partial charge in [-0.1, -0.05) is 29.8 Å². The number of hydrogen-bond donors (Lipinski definition) is 1. The van der Waals surface area contributed by atoms with Gasteiger partial charge in [-0.25, -0.2) is 4.39 Å². The SMILES string of the molecule is CCOc1cc(C[NH2+]Cc2ccccn2)cc(Cl)c1OCc1ccc(F)cc1. The van der Waals surface area contributed by atoms with Crippen molar-refractivity contribution in [1.29, 1.82) is 0 Å². The molecule has 0 aliphatic rings. The Kier molecular flexibility index (Phi) is 7.23. The van der Waals surface area contributed by atoms with Crippen LogP contribution in [0.25, 0.3) is 0 Å². The van der Waals surface area contributed by atoms with E-state index < -0.39 is 0 Å². The lowest BCUT2D eigenvalue weighted by atomic mass is 10.2. The van der Waals surface area contributed by atoms with Crippen LogP contribution < -0.4 is 14.8 Å². The molecule has 3 rings (SSSR count). The molecule has 3 aromatic rings. The molecule has 0 unspecified atom stereocenters. The molecule has 0 atom stereocenters. The number of ether oxygens (including phenoxy) is 2. The highest BCUT2D eigenvalue weighted by molar-refractivity contribution is 6.32. The minimum atomic E-state index is -0.275. The van der Waals surface area contributed by atoms with Crippen molar-refractivity contribution in [2.45, 2.75) is 26.6 Å². The van der Waals surface area contributed by atoms with E-state index in [0.29, 0.717) is 23.1 Å². The molecule has 146 valence electrons. The third-order valence-electron chi connectivity index (χ3n) is 4.13. The lowest BCUT2D eigenvalue weighted by Gasteiger charge is -2.15. The van der Waals surface area contributed by atoms with Gasteiger partial charge in [0.05, 0.1) is 17.3 Å². The summed E-state index contributed by atoms with van der Waals surface area (Å²) in [6.45, 7) is 4.23. The standard InChI is InChI=1S/C22H22ClFN2O2/c1-2-27-21-12-17(13-25-14-19-5-3-4-10-26-19)11-20(23)22(21)28-15-16-6-8-18(24)9-7-16/h3-12,25H,2,13-15H2,1H3/p+1. The lowest BCUT2D eigenvalue weighted by Crippen LogP contribution is -2.80. The molecule has 0 spiro atoms. The van der Waals surface area contributed by atoms with Gasteiger partial charge in [0.15, 0.2) is 11.5 Å². The van der Waals surface area contributed by atoms with Crippen LogP contribution in [0.5, 0.6) is 11.5 Å². The van der Waals surface area contributed by atoms with Gasteiger partial charge >= 0.3 is 0 Å². The third kappa shape index (κ3) is 5.68. The molecule has 0 radical (unpaired) electrons. The molecule has 1 aromatic heterocycles. The molecule has 6 heteroatoms. The molecule has 0 amide bonds. The number of nitrogens with zero attached hydrogens (tertiary/aromatic N) is 1. The quantitative estimate of drug-likeness (QED) is 0.586.